The Morgan fingerprint density at radius 2 is 1.96 bits per heavy atom. The van der Waals surface area contributed by atoms with Crippen molar-refractivity contribution in [2.24, 2.45) is 17.8 Å². The molecule has 4 rings (SSSR count). The molecule has 2 aliphatic carbocycles. The summed E-state index contributed by atoms with van der Waals surface area (Å²) in [5, 5.41) is 11.0. The summed E-state index contributed by atoms with van der Waals surface area (Å²) < 4.78 is 5.56. The predicted molar refractivity (Wildman–Crippen MR) is 87.0 cm³/mol. The number of anilines is 2. The van der Waals surface area contributed by atoms with Gasteiger partial charge in [0.1, 0.15) is 0 Å². The summed E-state index contributed by atoms with van der Waals surface area (Å²) >= 11 is 0. The van der Waals surface area contributed by atoms with E-state index in [0.29, 0.717) is 17.8 Å². The van der Waals surface area contributed by atoms with Crippen LogP contribution < -0.4 is 10.2 Å². The zero-order chi connectivity index (χ0) is 16.0. The number of benzene rings is 1. The number of carbonyl (C=O) groups excluding carboxylic acids is 1. The van der Waals surface area contributed by atoms with E-state index in [9.17, 15) is 4.79 Å². The van der Waals surface area contributed by atoms with E-state index in [0.717, 1.165) is 23.6 Å². The van der Waals surface area contributed by atoms with Gasteiger partial charge in [0.2, 0.25) is 11.8 Å². The first kappa shape index (κ1) is 14.2. The molecular weight excluding hydrogens is 292 g/mol. The number of rotatable bonds is 5. The summed E-state index contributed by atoms with van der Waals surface area (Å²) in [6.45, 7) is 0. The third kappa shape index (κ3) is 2.93. The van der Waals surface area contributed by atoms with Gasteiger partial charge in [0.15, 0.2) is 0 Å². The number of carbonyl (C=O) groups is 1. The summed E-state index contributed by atoms with van der Waals surface area (Å²) in [6.07, 6.45) is 3.68. The fraction of sp³-hybridized carbons (Fsp3) is 0.471. The first-order valence-electron chi connectivity index (χ1n) is 8.04. The van der Waals surface area contributed by atoms with Crippen molar-refractivity contribution >= 4 is 17.6 Å². The van der Waals surface area contributed by atoms with Crippen LogP contribution in [0, 0.1) is 17.8 Å². The second-order valence-corrected chi connectivity index (χ2v) is 6.69. The quantitative estimate of drug-likeness (QED) is 0.919. The highest BCUT2D eigenvalue weighted by Crippen LogP contribution is 2.54. The Bertz CT molecular complexity index is 718. The summed E-state index contributed by atoms with van der Waals surface area (Å²) in [5.41, 5.74) is 1.65. The van der Waals surface area contributed by atoms with E-state index in [1.807, 2.05) is 38.4 Å². The number of hydrogen-bond acceptors (Lipinski definition) is 5. The Morgan fingerprint density at radius 1 is 1.22 bits per heavy atom. The minimum atomic E-state index is 0.155. The second kappa shape index (κ2) is 5.37. The van der Waals surface area contributed by atoms with Crippen molar-refractivity contribution in [1.82, 2.24) is 10.2 Å². The Hall–Kier alpha value is -2.37. The van der Waals surface area contributed by atoms with Gasteiger partial charge in [0.25, 0.3) is 0 Å². The molecule has 0 bridgehead atoms. The minimum Gasteiger partial charge on any atom is -0.403 e. The first-order valence-corrected chi connectivity index (χ1v) is 8.04. The van der Waals surface area contributed by atoms with Crippen LogP contribution >= 0.6 is 0 Å². The van der Waals surface area contributed by atoms with Gasteiger partial charge in [-0.3, -0.25) is 4.79 Å². The van der Waals surface area contributed by atoms with Crippen molar-refractivity contribution in [2.45, 2.75) is 19.3 Å². The molecule has 1 heterocycles. The summed E-state index contributed by atoms with van der Waals surface area (Å²) in [6, 6.07) is 7.99. The predicted octanol–water partition coefficient (Wildman–Crippen LogP) is 2.79. The molecule has 1 amide bonds. The van der Waals surface area contributed by atoms with Crippen LogP contribution in [-0.2, 0) is 4.79 Å². The molecule has 0 radical (unpaired) electrons. The van der Waals surface area contributed by atoms with Gasteiger partial charge in [-0.2, -0.15) is 0 Å². The maximum atomic E-state index is 12.2. The molecule has 6 nitrogen and oxygen atoms in total. The molecule has 2 atom stereocenters. The van der Waals surface area contributed by atoms with E-state index in [4.69, 9.17) is 4.42 Å². The Labute approximate surface area is 134 Å². The number of aromatic nitrogens is 2. The number of amides is 1. The zero-order valence-corrected chi connectivity index (χ0v) is 13.3. The van der Waals surface area contributed by atoms with Gasteiger partial charge in [-0.1, -0.05) is 5.10 Å². The van der Waals surface area contributed by atoms with Gasteiger partial charge in [-0.15, -0.1) is 5.10 Å². The lowest BCUT2D eigenvalue weighted by atomic mass is 10.2. The molecule has 2 saturated carbocycles. The largest absolute Gasteiger partial charge is 0.403 e. The summed E-state index contributed by atoms with van der Waals surface area (Å²) in [4.78, 5) is 14.0. The van der Waals surface area contributed by atoms with Crippen molar-refractivity contribution < 1.29 is 9.21 Å². The van der Waals surface area contributed by atoms with Crippen LogP contribution in [0.3, 0.4) is 0 Å². The third-order valence-corrected chi connectivity index (χ3v) is 4.60. The highest BCUT2D eigenvalue weighted by molar-refractivity contribution is 5.94. The Kier molecular flexibility index (Phi) is 3.32. The van der Waals surface area contributed by atoms with Crippen LogP contribution in [0.1, 0.15) is 19.3 Å². The molecule has 23 heavy (non-hydrogen) atoms. The maximum Gasteiger partial charge on any atom is 0.317 e. The topological polar surface area (TPSA) is 71.3 Å². The molecule has 1 aromatic heterocycles. The molecule has 0 saturated heterocycles. The van der Waals surface area contributed by atoms with Crippen molar-refractivity contribution in [2.75, 3.05) is 24.3 Å². The lowest BCUT2D eigenvalue weighted by Crippen LogP contribution is -2.15. The number of hydrogen-bond donors (Lipinski definition) is 1. The van der Waals surface area contributed by atoms with Crippen molar-refractivity contribution in [3.8, 4) is 11.5 Å². The van der Waals surface area contributed by atoms with Gasteiger partial charge < -0.3 is 14.6 Å². The molecule has 2 aliphatic rings. The highest BCUT2D eigenvalue weighted by atomic mass is 16.4. The minimum absolute atomic E-state index is 0.155. The van der Waals surface area contributed by atoms with Crippen LogP contribution in [0.4, 0.5) is 11.7 Å². The molecule has 6 heteroatoms. The second-order valence-electron chi connectivity index (χ2n) is 6.69. The number of nitrogens with zero attached hydrogens (tertiary/aromatic N) is 3. The number of nitrogens with one attached hydrogen (secondary N) is 1. The fourth-order valence-electron chi connectivity index (χ4n) is 3.01. The SMILES string of the molecule is CN(C)c1nnc(-c2ccc(NC(=O)[C@@H]3C[C@H]3C3CC3)cc2)o1. The van der Waals surface area contributed by atoms with E-state index in [1.165, 1.54) is 12.8 Å². The highest BCUT2D eigenvalue weighted by Gasteiger charge is 2.51. The van der Waals surface area contributed by atoms with E-state index in [1.54, 1.807) is 4.90 Å². The summed E-state index contributed by atoms with van der Waals surface area (Å²) in [5.74, 6) is 2.30. The van der Waals surface area contributed by atoms with E-state index >= 15 is 0 Å². The normalized spacial score (nSPS) is 22.7. The molecule has 0 aliphatic heterocycles. The van der Waals surface area contributed by atoms with E-state index in [-0.39, 0.29) is 11.8 Å². The zero-order valence-electron chi connectivity index (χ0n) is 13.3. The van der Waals surface area contributed by atoms with Crippen LogP contribution in [-0.4, -0.2) is 30.2 Å². The van der Waals surface area contributed by atoms with Crippen LogP contribution in [0.25, 0.3) is 11.5 Å². The van der Waals surface area contributed by atoms with Crippen LogP contribution in [0.5, 0.6) is 0 Å². The van der Waals surface area contributed by atoms with Crippen molar-refractivity contribution in [3.05, 3.63) is 24.3 Å². The van der Waals surface area contributed by atoms with E-state index in [2.05, 4.69) is 15.5 Å². The smallest absolute Gasteiger partial charge is 0.317 e. The molecule has 2 fully saturated rings. The molecule has 1 aromatic carbocycles. The lowest BCUT2D eigenvalue weighted by Gasteiger charge is -2.05. The van der Waals surface area contributed by atoms with Gasteiger partial charge in [0, 0.05) is 31.3 Å². The fourth-order valence-corrected chi connectivity index (χ4v) is 3.01. The summed E-state index contributed by atoms with van der Waals surface area (Å²) in [7, 11) is 3.70. The maximum absolute atomic E-state index is 12.2. The molecular formula is C17H20N4O2. The van der Waals surface area contributed by atoms with Crippen LogP contribution in [0.2, 0.25) is 0 Å². The monoisotopic (exact) mass is 312 g/mol. The van der Waals surface area contributed by atoms with Crippen molar-refractivity contribution in [1.29, 1.82) is 0 Å². The van der Waals surface area contributed by atoms with E-state index < -0.39 is 0 Å². The van der Waals surface area contributed by atoms with Gasteiger partial charge >= 0.3 is 6.01 Å². The lowest BCUT2D eigenvalue weighted by molar-refractivity contribution is -0.117. The van der Waals surface area contributed by atoms with Gasteiger partial charge in [-0.05, 0) is 55.4 Å². The Morgan fingerprint density at radius 3 is 2.57 bits per heavy atom. The molecule has 120 valence electrons. The molecule has 1 N–H and O–H groups in total. The van der Waals surface area contributed by atoms with Crippen LogP contribution in [0.15, 0.2) is 28.7 Å². The molecule has 0 spiro atoms. The first-order chi connectivity index (χ1) is 11.1. The standard InChI is InChI=1S/C17H20N4O2/c1-21(2)17-20-19-16(23-17)11-5-7-12(8-6-11)18-15(22)14-9-13(14)10-3-4-10/h5-8,10,13-14H,3-4,9H2,1-2H3,(H,18,22)/t13-,14+/m0/s1. The third-order valence-electron chi connectivity index (χ3n) is 4.60. The average molecular weight is 312 g/mol. The Balaban J connectivity index is 1.40. The molecule has 0 unspecified atom stereocenters. The van der Waals surface area contributed by atoms with Gasteiger partial charge in [-0.25, -0.2) is 0 Å². The van der Waals surface area contributed by atoms with Crippen molar-refractivity contribution in [3.63, 3.8) is 0 Å². The van der Waals surface area contributed by atoms with Gasteiger partial charge in [0.05, 0.1) is 0 Å². The molecule has 2 aromatic rings. The average Bonchev–Trinajstić information content (AvgIpc) is 3.43.